The van der Waals surface area contributed by atoms with Crippen molar-refractivity contribution in [1.29, 1.82) is 0 Å². The Kier molecular flexibility index (Phi) is 2.29. The number of rotatable bonds is 2. The van der Waals surface area contributed by atoms with E-state index in [0.717, 1.165) is 12.8 Å². The first-order valence-electron chi connectivity index (χ1n) is 4.93. The van der Waals surface area contributed by atoms with Gasteiger partial charge >= 0.3 is 5.97 Å². The molecule has 0 spiro atoms. The molecule has 80 valence electrons. The van der Waals surface area contributed by atoms with Crippen molar-refractivity contribution in [3.63, 3.8) is 0 Å². The van der Waals surface area contributed by atoms with Crippen molar-refractivity contribution >= 4 is 15.8 Å². The summed E-state index contributed by atoms with van der Waals surface area (Å²) in [5, 5.41) is 8.95. The van der Waals surface area contributed by atoms with E-state index in [9.17, 15) is 13.2 Å². The zero-order valence-corrected chi connectivity index (χ0v) is 8.66. The molecule has 2 fully saturated rings. The van der Waals surface area contributed by atoms with Gasteiger partial charge in [-0.05, 0) is 31.1 Å². The minimum Gasteiger partial charge on any atom is -0.481 e. The molecule has 5 heteroatoms. The summed E-state index contributed by atoms with van der Waals surface area (Å²) < 4.78 is 22.6. The predicted octanol–water partition coefficient (Wildman–Crippen LogP) is 0.532. The summed E-state index contributed by atoms with van der Waals surface area (Å²) in [5.41, 5.74) is 0. The number of sulfone groups is 1. The van der Waals surface area contributed by atoms with E-state index < -0.39 is 21.7 Å². The van der Waals surface area contributed by atoms with E-state index in [1.807, 2.05) is 0 Å². The fourth-order valence-corrected chi connectivity index (χ4v) is 4.08. The van der Waals surface area contributed by atoms with Gasteiger partial charge in [-0.2, -0.15) is 0 Å². The monoisotopic (exact) mass is 218 g/mol. The molecular weight excluding hydrogens is 204 g/mol. The molecule has 1 aliphatic carbocycles. The first-order chi connectivity index (χ1) is 6.49. The number of carboxylic acid groups (broad SMARTS) is 1. The maximum Gasteiger partial charge on any atom is 0.307 e. The van der Waals surface area contributed by atoms with Crippen molar-refractivity contribution in [3.05, 3.63) is 0 Å². The van der Waals surface area contributed by atoms with Gasteiger partial charge in [0.15, 0.2) is 9.84 Å². The van der Waals surface area contributed by atoms with Gasteiger partial charge in [0.1, 0.15) is 0 Å². The van der Waals surface area contributed by atoms with Crippen LogP contribution >= 0.6 is 0 Å². The molecule has 2 aliphatic rings. The van der Waals surface area contributed by atoms with Crippen LogP contribution in [-0.2, 0) is 14.6 Å². The minimum absolute atomic E-state index is 0.107. The van der Waals surface area contributed by atoms with Gasteiger partial charge in [0.05, 0.1) is 17.4 Å². The van der Waals surface area contributed by atoms with Gasteiger partial charge in [-0.15, -0.1) is 0 Å². The van der Waals surface area contributed by atoms with Gasteiger partial charge in [-0.1, -0.05) is 0 Å². The summed E-state index contributed by atoms with van der Waals surface area (Å²) in [5.74, 6) is -0.976. The molecule has 1 saturated heterocycles. The molecule has 0 aromatic heterocycles. The minimum atomic E-state index is -3.10. The van der Waals surface area contributed by atoms with E-state index >= 15 is 0 Å². The van der Waals surface area contributed by atoms with Crippen LogP contribution in [0.15, 0.2) is 0 Å². The molecule has 2 atom stereocenters. The normalized spacial score (nSPS) is 36.6. The summed E-state index contributed by atoms with van der Waals surface area (Å²) in [7, 11) is -3.10. The van der Waals surface area contributed by atoms with Crippen LogP contribution in [0, 0.1) is 17.8 Å². The van der Waals surface area contributed by atoms with Gasteiger partial charge in [0.25, 0.3) is 0 Å². The van der Waals surface area contributed by atoms with Crippen molar-refractivity contribution in [2.45, 2.75) is 19.3 Å². The third-order valence-corrected chi connectivity index (χ3v) is 4.98. The maximum atomic E-state index is 11.3. The van der Waals surface area contributed by atoms with Crippen LogP contribution in [-0.4, -0.2) is 31.0 Å². The Morgan fingerprint density at radius 2 is 1.86 bits per heavy atom. The third-order valence-electron chi connectivity index (χ3n) is 3.26. The molecular formula is C9H14O4S. The first-order valence-corrected chi connectivity index (χ1v) is 6.75. The van der Waals surface area contributed by atoms with Crippen LogP contribution in [0.4, 0.5) is 0 Å². The maximum absolute atomic E-state index is 11.3. The van der Waals surface area contributed by atoms with Crippen molar-refractivity contribution in [3.8, 4) is 0 Å². The molecule has 1 heterocycles. The molecule has 2 rings (SSSR count). The molecule has 1 saturated carbocycles. The Morgan fingerprint density at radius 1 is 1.21 bits per heavy atom. The highest BCUT2D eigenvalue weighted by atomic mass is 32.2. The lowest BCUT2D eigenvalue weighted by atomic mass is 9.87. The first kappa shape index (κ1) is 9.96. The van der Waals surface area contributed by atoms with Gasteiger partial charge in [0, 0.05) is 0 Å². The highest BCUT2D eigenvalue weighted by Crippen LogP contribution is 2.44. The molecule has 0 aromatic rings. The predicted molar refractivity (Wildman–Crippen MR) is 50.6 cm³/mol. The molecule has 0 aromatic carbocycles. The Labute approximate surface area is 83.2 Å². The van der Waals surface area contributed by atoms with Crippen LogP contribution in [0.25, 0.3) is 0 Å². The van der Waals surface area contributed by atoms with Crippen LogP contribution in [0.5, 0.6) is 0 Å². The van der Waals surface area contributed by atoms with E-state index in [2.05, 4.69) is 0 Å². The number of carbonyl (C=O) groups is 1. The Hall–Kier alpha value is -0.580. The lowest BCUT2D eigenvalue weighted by Gasteiger charge is -2.28. The molecule has 14 heavy (non-hydrogen) atoms. The van der Waals surface area contributed by atoms with Crippen molar-refractivity contribution < 1.29 is 18.3 Å². The largest absolute Gasteiger partial charge is 0.481 e. The van der Waals surface area contributed by atoms with E-state index in [0.29, 0.717) is 12.3 Å². The summed E-state index contributed by atoms with van der Waals surface area (Å²) in [6.07, 6.45) is 2.70. The van der Waals surface area contributed by atoms with Crippen molar-refractivity contribution in [1.82, 2.24) is 0 Å². The lowest BCUT2D eigenvalue weighted by Crippen LogP contribution is -2.38. The highest BCUT2D eigenvalue weighted by Gasteiger charge is 2.44. The Morgan fingerprint density at radius 3 is 2.36 bits per heavy atom. The zero-order chi connectivity index (χ0) is 10.3. The second kappa shape index (κ2) is 3.22. The SMILES string of the molecule is O=C(O)C1CS(=O)(=O)CCC1C1CC1. The molecule has 0 amide bonds. The van der Waals surface area contributed by atoms with Gasteiger partial charge in [0.2, 0.25) is 0 Å². The molecule has 0 bridgehead atoms. The molecule has 0 radical (unpaired) electrons. The van der Waals surface area contributed by atoms with Gasteiger partial charge in [-0.25, -0.2) is 8.42 Å². The third kappa shape index (κ3) is 1.92. The van der Waals surface area contributed by atoms with Gasteiger partial charge < -0.3 is 5.11 Å². The second-order valence-electron chi connectivity index (χ2n) is 4.35. The standard InChI is InChI=1S/C9H14O4S/c10-9(11)8-5-14(12,13)4-3-7(8)6-1-2-6/h6-8H,1-5H2,(H,10,11). The zero-order valence-electron chi connectivity index (χ0n) is 7.85. The number of hydrogen-bond acceptors (Lipinski definition) is 3. The molecule has 1 aliphatic heterocycles. The Bertz CT molecular complexity index is 342. The van der Waals surface area contributed by atoms with Gasteiger partial charge in [-0.3, -0.25) is 4.79 Å². The van der Waals surface area contributed by atoms with Crippen LogP contribution in [0.3, 0.4) is 0 Å². The van der Waals surface area contributed by atoms with E-state index in [4.69, 9.17) is 5.11 Å². The number of aliphatic carboxylic acids is 1. The number of carboxylic acids is 1. The molecule has 1 N–H and O–H groups in total. The fraction of sp³-hybridized carbons (Fsp3) is 0.889. The Balaban J connectivity index is 2.15. The summed E-state index contributed by atoms with van der Waals surface area (Å²) in [6, 6.07) is 0. The van der Waals surface area contributed by atoms with Crippen molar-refractivity contribution in [2.75, 3.05) is 11.5 Å². The van der Waals surface area contributed by atoms with E-state index in [1.54, 1.807) is 0 Å². The van der Waals surface area contributed by atoms with Crippen LogP contribution in [0.2, 0.25) is 0 Å². The second-order valence-corrected chi connectivity index (χ2v) is 6.58. The molecule has 4 nitrogen and oxygen atoms in total. The summed E-state index contributed by atoms with van der Waals surface area (Å²) in [4.78, 5) is 10.9. The average molecular weight is 218 g/mol. The quantitative estimate of drug-likeness (QED) is 0.734. The summed E-state index contributed by atoms with van der Waals surface area (Å²) >= 11 is 0. The van der Waals surface area contributed by atoms with Crippen molar-refractivity contribution in [2.24, 2.45) is 17.8 Å². The smallest absolute Gasteiger partial charge is 0.307 e. The summed E-state index contributed by atoms with van der Waals surface area (Å²) in [6.45, 7) is 0. The van der Waals surface area contributed by atoms with Crippen LogP contribution < -0.4 is 0 Å². The van der Waals surface area contributed by atoms with E-state index in [1.165, 1.54) is 0 Å². The average Bonchev–Trinajstić information content (AvgIpc) is 2.85. The lowest BCUT2D eigenvalue weighted by molar-refractivity contribution is -0.143. The van der Waals surface area contributed by atoms with Crippen LogP contribution in [0.1, 0.15) is 19.3 Å². The topological polar surface area (TPSA) is 71.4 Å². The fourth-order valence-electron chi connectivity index (χ4n) is 2.34. The highest BCUT2D eigenvalue weighted by molar-refractivity contribution is 7.91. The van der Waals surface area contributed by atoms with E-state index in [-0.39, 0.29) is 17.4 Å². The molecule has 2 unspecified atom stereocenters. The number of hydrogen-bond donors (Lipinski definition) is 1.